The Labute approximate surface area is 119 Å². The van der Waals surface area contributed by atoms with Crippen LogP contribution in [0, 0.1) is 0 Å². The van der Waals surface area contributed by atoms with Gasteiger partial charge >= 0.3 is 0 Å². The first kappa shape index (κ1) is 14.2. The van der Waals surface area contributed by atoms with Crippen LogP contribution in [0.15, 0.2) is 35.7 Å². The predicted octanol–water partition coefficient (Wildman–Crippen LogP) is 4.29. The van der Waals surface area contributed by atoms with Crippen LogP contribution in [0.4, 0.5) is 0 Å². The van der Waals surface area contributed by atoms with Crippen molar-refractivity contribution in [1.82, 2.24) is 4.98 Å². The summed E-state index contributed by atoms with van der Waals surface area (Å²) in [4.78, 5) is 4.65. The molecule has 0 aliphatic rings. The number of nitrogens with zero attached hydrogens (tertiary/aromatic N) is 1. The fraction of sp³-hybridized carbons (Fsp3) is 0.438. The van der Waals surface area contributed by atoms with E-state index >= 15 is 0 Å². The van der Waals surface area contributed by atoms with Gasteiger partial charge in [0.15, 0.2) is 0 Å². The smallest absolute Gasteiger partial charge is 0.0961 e. The van der Waals surface area contributed by atoms with Crippen LogP contribution < -0.4 is 0 Å². The molecule has 3 heteroatoms. The lowest BCUT2D eigenvalue weighted by atomic mass is 9.92. The molecule has 0 aliphatic heterocycles. The Balaban J connectivity index is 2.13. The second-order valence-corrected chi connectivity index (χ2v) is 5.94. The highest BCUT2D eigenvalue weighted by Gasteiger charge is 2.25. The van der Waals surface area contributed by atoms with E-state index < -0.39 is 5.60 Å². The third-order valence-electron chi connectivity index (χ3n) is 3.48. The van der Waals surface area contributed by atoms with Gasteiger partial charge in [-0.15, -0.1) is 11.3 Å². The van der Waals surface area contributed by atoms with Crippen LogP contribution in [-0.4, -0.2) is 15.7 Å². The zero-order valence-electron chi connectivity index (χ0n) is 11.6. The Morgan fingerprint density at radius 2 is 1.95 bits per heavy atom. The van der Waals surface area contributed by atoms with Crippen molar-refractivity contribution in [1.29, 1.82) is 0 Å². The summed E-state index contributed by atoms with van der Waals surface area (Å²) in [5.41, 5.74) is 1.55. The van der Waals surface area contributed by atoms with Crippen molar-refractivity contribution in [3.63, 3.8) is 0 Å². The molecular formula is C16H21NOS. The van der Waals surface area contributed by atoms with Crippen molar-refractivity contribution in [3.05, 3.63) is 40.7 Å². The largest absolute Gasteiger partial charge is 0.389 e. The molecule has 1 atom stereocenters. The Kier molecular flexibility index (Phi) is 4.72. The first-order valence-corrected chi connectivity index (χ1v) is 7.77. The lowest BCUT2D eigenvalue weighted by Crippen LogP contribution is -2.30. The van der Waals surface area contributed by atoms with Crippen molar-refractivity contribution in [2.45, 2.75) is 45.1 Å². The Morgan fingerprint density at radius 3 is 2.58 bits per heavy atom. The van der Waals surface area contributed by atoms with Gasteiger partial charge in [-0.25, -0.2) is 4.98 Å². The van der Waals surface area contributed by atoms with Gasteiger partial charge < -0.3 is 5.11 Å². The number of hydrogen-bond donors (Lipinski definition) is 1. The van der Waals surface area contributed by atoms with Gasteiger partial charge in [0, 0.05) is 17.4 Å². The van der Waals surface area contributed by atoms with Gasteiger partial charge in [0.2, 0.25) is 0 Å². The SMILES string of the molecule is CCCC(O)(CC)Cc1nc(-c2ccccc2)cs1. The molecule has 0 saturated heterocycles. The minimum Gasteiger partial charge on any atom is -0.389 e. The van der Waals surface area contributed by atoms with Crippen LogP contribution in [0.25, 0.3) is 11.3 Å². The van der Waals surface area contributed by atoms with Crippen LogP contribution in [0.1, 0.15) is 38.1 Å². The molecule has 102 valence electrons. The van der Waals surface area contributed by atoms with E-state index in [4.69, 9.17) is 0 Å². The van der Waals surface area contributed by atoms with E-state index in [0.717, 1.165) is 35.5 Å². The Hall–Kier alpha value is -1.19. The standard InChI is InChI=1S/C16H21NOS/c1-3-10-16(18,4-2)11-15-17-14(12-19-15)13-8-6-5-7-9-13/h5-9,12,18H,3-4,10-11H2,1-2H3. The van der Waals surface area contributed by atoms with Gasteiger partial charge in [0.25, 0.3) is 0 Å². The third kappa shape index (κ3) is 3.64. The van der Waals surface area contributed by atoms with Crippen LogP contribution >= 0.6 is 11.3 Å². The normalized spacial score (nSPS) is 14.3. The van der Waals surface area contributed by atoms with E-state index in [0.29, 0.717) is 6.42 Å². The second kappa shape index (κ2) is 6.31. The third-order valence-corrected chi connectivity index (χ3v) is 4.32. The summed E-state index contributed by atoms with van der Waals surface area (Å²) < 4.78 is 0. The van der Waals surface area contributed by atoms with Crippen molar-refractivity contribution in [2.24, 2.45) is 0 Å². The van der Waals surface area contributed by atoms with Crippen LogP contribution in [0.3, 0.4) is 0 Å². The predicted molar refractivity (Wildman–Crippen MR) is 81.4 cm³/mol. The molecule has 1 aromatic carbocycles. The van der Waals surface area contributed by atoms with Gasteiger partial charge in [0.05, 0.1) is 16.3 Å². The molecule has 0 radical (unpaired) electrons. The number of benzene rings is 1. The summed E-state index contributed by atoms with van der Waals surface area (Å²) in [6.45, 7) is 4.15. The van der Waals surface area contributed by atoms with E-state index in [1.165, 1.54) is 0 Å². The van der Waals surface area contributed by atoms with Crippen LogP contribution in [0.5, 0.6) is 0 Å². The number of hydrogen-bond acceptors (Lipinski definition) is 3. The lowest BCUT2D eigenvalue weighted by Gasteiger charge is -2.25. The molecule has 0 amide bonds. The van der Waals surface area contributed by atoms with Crippen molar-refractivity contribution in [2.75, 3.05) is 0 Å². The molecule has 1 aromatic heterocycles. The molecule has 2 aromatic rings. The second-order valence-electron chi connectivity index (χ2n) is 5.00. The number of aromatic nitrogens is 1. The highest BCUT2D eigenvalue weighted by Crippen LogP contribution is 2.27. The number of thiazole rings is 1. The van der Waals surface area contributed by atoms with Crippen molar-refractivity contribution < 1.29 is 5.11 Å². The molecule has 0 saturated carbocycles. The van der Waals surface area contributed by atoms with E-state index in [9.17, 15) is 5.11 Å². The molecule has 2 nitrogen and oxygen atoms in total. The number of aliphatic hydroxyl groups is 1. The zero-order chi connectivity index (χ0) is 13.7. The first-order valence-electron chi connectivity index (χ1n) is 6.89. The monoisotopic (exact) mass is 275 g/mol. The lowest BCUT2D eigenvalue weighted by molar-refractivity contribution is 0.0270. The highest BCUT2D eigenvalue weighted by molar-refractivity contribution is 7.09. The van der Waals surface area contributed by atoms with E-state index in [2.05, 4.69) is 29.4 Å². The fourth-order valence-corrected chi connectivity index (χ4v) is 3.21. The minimum absolute atomic E-state index is 0.597. The number of rotatable bonds is 6. The molecule has 1 unspecified atom stereocenters. The average molecular weight is 275 g/mol. The molecule has 19 heavy (non-hydrogen) atoms. The zero-order valence-corrected chi connectivity index (χ0v) is 12.4. The minimum atomic E-state index is -0.597. The molecule has 0 bridgehead atoms. The quantitative estimate of drug-likeness (QED) is 0.853. The van der Waals surface area contributed by atoms with Crippen LogP contribution in [-0.2, 0) is 6.42 Å². The summed E-state index contributed by atoms with van der Waals surface area (Å²) in [6, 6.07) is 10.2. The van der Waals surface area contributed by atoms with Crippen molar-refractivity contribution >= 4 is 11.3 Å². The maximum absolute atomic E-state index is 10.5. The highest BCUT2D eigenvalue weighted by atomic mass is 32.1. The topological polar surface area (TPSA) is 33.1 Å². The van der Waals surface area contributed by atoms with Gasteiger partial charge in [-0.05, 0) is 12.8 Å². The Morgan fingerprint density at radius 1 is 1.21 bits per heavy atom. The molecular weight excluding hydrogens is 254 g/mol. The van der Waals surface area contributed by atoms with E-state index in [1.807, 2.05) is 25.1 Å². The van der Waals surface area contributed by atoms with Gasteiger partial charge in [-0.1, -0.05) is 50.6 Å². The van der Waals surface area contributed by atoms with Gasteiger partial charge in [0.1, 0.15) is 0 Å². The van der Waals surface area contributed by atoms with E-state index in [1.54, 1.807) is 11.3 Å². The molecule has 1 heterocycles. The summed E-state index contributed by atoms with van der Waals surface area (Å²) in [5.74, 6) is 0. The summed E-state index contributed by atoms with van der Waals surface area (Å²) >= 11 is 1.64. The Bertz CT molecular complexity index is 508. The van der Waals surface area contributed by atoms with Gasteiger partial charge in [-0.2, -0.15) is 0 Å². The first-order chi connectivity index (χ1) is 9.17. The fourth-order valence-electron chi connectivity index (χ4n) is 2.27. The summed E-state index contributed by atoms with van der Waals surface area (Å²) in [7, 11) is 0. The molecule has 1 N–H and O–H groups in total. The molecule has 0 spiro atoms. The van der Waals surface area contributed by atoms with Crippen LogP contribution in [0.2, 0.25) is 0 Å². The maximum atomic E-state index is 10.5. The average Bonchev–Trinajstić information content (AvgIpc) is 2.88. The van der Waals surface area contributed by atoms with Crippen molar-refractivity contribution in [3.8, 4) is 11.3 Å². The van der Waals surface area contributed by atoms with E-state index in [-0.39, 0.29) is 0 Å². The molecule has 2 rings (SSSR count). The summed E-state index contributed by atoms with van der Waals surface area (Å²) in [5, 5.41) is 13.6. The summed E-state index contributed by atoms with van der Waals surface area (Å²) in [6.07, 6.45) is 3.28. The van der Waals surface area contributed by atoms with Gasteiger partial charge in [-0.3, -0.25) is 0 Å². The molecule has 0 fully saturated rings. The molecule has 0 aliphatic carbocycles. The maximum Gasteiger partial charge on any atom is 0.0961 e.